The van der Waals surface area contributed by atoms with E-state index in [9.17, 15) is 4.79 Å². The minimum absolute atomic E-state index is 0.0232. The number of rotatable bonds is 2. The number of hydrogen-bond acceptors (Lipinski definition) is 2. The van der Waals surface area contributed by atoms with Crippen molar-refractivity contribution in [2.24, 2.45) is 0 Å². The van der Waals surface area contributed by atoms with Crippen LogP contribution in [0.2, 0.25) is 0 Å². The molecule has 0 saturated carbocycles. The zero-order valence-corrected chi connectivity index (χ0v) is 9.16. The average molecular weight is 204 g/mol. The van der Waals surface area contributed by atoms with Gasteiger partial charge in [0.15, 0.2) is 0 Å². The SMILES string of the molecule is CCC1C(=O)Nc2ccccc2N1CC. The number of hydrogen-bond donors (Lipinski definition) is 1. The van der Waals surface area contributed by atoms with Gasteiger partial charge in [-0.3, -0.25) is 4.79 Å². The second-order valence-corrected chi connectivity index (χ2v) is 3.72. The second kappa shape index (κ2) is 3.93. The Bertz CT molecular complexity index is 376. The van der Waals surface area contributed by atoms with E-state index in [1.165, 1.54) is 0 Å². The molecule has 3 heteroatoms. The Kier molecular flexibility index (Phi) is 2.62. The van der Waals surface area contributed by atoms with Gasteiger partial charge in [0.2, 0.25) is 5.91 Å². The largest absolute Gasteiger partial charge is 0.358 e. The van der Waals surface area contributed by atoms with Crippen LogP contribution in [-0.4, -0.2) is 18.5 Å². The molecule has 0 bridgehead atoms. The maximum absolute atomic E-state index is 11.8. The molecule has 0 saturated heterocycles. The van der Waals surface area contributed by atoms with E-state index in [1.54, 1.807) is 0 Å². The fourth-order valence-electron chi connectivity index (χ4n) is 2.15. The lowest BCUT2D eigenvalue weighted by atomic mass is 10.1. The van der Waals surface area contributed by atoms with Crippen molar-refractivity contribution in [3.63, 3.8) is 0 Å². The Labute approximate surface area is 90.1 Å². The molecule has 1 atom stereocenters. The summed E-state index contributed by atoms with van der Waals surface area (Å²) in [7, 11) is 0. The van der Waals surface area contributed by atoms with Gasteiger partial charge in [-0.2, -0.15) is 0 Å². The molecule has 1 aromatic carbocycles. The van der Waals surface area contributed by atoms with Crippen LogP contribution in [0.25, 0.3) is 0 Å². The summed E-state index contributed by atoms with van der Waals surface area (Å²) in [5.74, 6) is 0.109. The molecule has 0 radical (unpaired) electrons. The van der Waals surface area contributed by atoms with Gasteiger partial charge in [0.05, 0.1) is 11.4 Å². The quantitative estimate of drug-likeness (QED) is 0.801. The summed E-state index contributed by atoms with van der Waals surface area (Å²) in [4.78, 5) is 14.0. The van der Waals surface area contributed by atoms with Gasteiger partial charge < -0.3 is 10.2 Å². The summed E-state index contributed by atoms with van der Waals surface area (Å²) >= 11 is 0. The maximum Gasteiger partial charge on any atom is 0.247 e. The molecule has 1 amide bonds. The molecule has 3 nitrogen and oxygen atoms in total. The van der Waals surface area contributed by atoms with Crippen LogP contribution in [0.5, 0.6) is 0 Å². The first-order valence-corrected chi connectivity index (χ1v) is 5.44. The molecular weight excluding hydrogens is 188 g/mol. The van der Waals surface area contributed by atoms with Gasteiger partial charge in [-0.15, -0.1) is 0 Å². The molecule has 0 aliphatic carbocycles. The van der Waals surface area contributed by atoms with Crippen molar-refractivity contribution in [3.8, 4) is 0 Å². The summed E-state index contributed by atoms with van der Waals surface area (Å²) < 4.78 is 0. The zero-order valence-electron chi connectivity index (χ0n) is 9.16. The third kappa shape index (κ3) is 1.58. The van der Waals surface area contributed by atoms with E-state index in [0.29, 0.717) is 0 Å². The van der Waals surface area contributed by atoms with Crippen LogP contribution in [0.4, 0.5) is 11.4 Å². The van der Waals surface area contributed by atoms with Gasteiger partial charge in [0.25, 0.3) is 0 Å². The fraction of sp³-hybridized carbons (Fsp3) is 0.417. The molecule has 2 rings (SSSR count). The van der Waals surface area contributed by atoms with Crippen LogP contribution in [0, 0.1) is 0 Å². The lowest BCUT2D eigenvalue weighted by Gasteiger charge is -2.36. The Hall–Kier alpha value is -1.51. The standard InChI is InChI=1S/C12H16N2O/c1-3-10-12(15)13-9-7-5-6-8-11(9)14(10)4-2/h5-8,10H,3-4H2,1-2H3,(H,13,15). The monoisotopic (exact) mass is 204 g/mol. The van der Waals surface area contributed by atoms with E-state index in [4.69, 9.17) is 0 Å². The summed E-state index contributed by atoms with van der Waals surface area (Å²) in [6, 6.07) is 7.93. The van der Waals surface area contributed by atoms with E-state index in [1.807, 2.05) is 25.1 Å². The van der Waals surface area contributed by atoms with Crippen LogP contribution in [0.15, 0.2) is 24.3 Å². The normalized spacial score (nSPS) is 19.7. The summed E-state index contributed by atoms with van der Waals surface area (Å²) in [6.07, 6.45) is 0.841. The van der Waals surface area contributed by atoms with Gasteiger partial charge in [0, 0.05) is 6.54 Å². The molecule has 0 spiro atoms. The summed E-state index contributed by atoms with van der Waals surface area (Å²) in [6.45, 7) is 4.99. The minimum atomic E-state index is -0.0232. The molecule has 1 unspecified atom stereocenters. The van der Waals surface area contributed by atoms with Crippen molar-refractivity contribution in [3.05, 3.63) is 24.3 Å². The fourth-order valence-corrected chi connectivity index (χ4v) is 2.15. The number of para-hydroxylation sites is 2. The first kappa shape index (κ1) is 10.0. The van der Waals surface area contributed by atoms with Gasteiger partial charge in [-0.25, -0.2) is 0 Å². The van der Waals surface area contributed by atoms with Gasteiger partial charge in [0.1, 0.15) is 6.04 Å². The number of likely N-dealkylation sites (N-methyl/N-ethyl adjacent to an activating group) is 1. The molecule has 0 aromatic heterocycles. The number of fused-ring (bicyclic) bond motifs is 1. The van der Waals surface area contributed by atoms with Crippen LogP contribution < -0.4 is 10.2 Å². The molecular formula is C12H16N2O. The Balaban J connectivity index is 2.44. The number of carbonyl (C=O) groups excluding carboxylic acids is 1. The van der Waals surface area contributed by atoms with Crippen LogP contribution in [-0.2, 0) is 4.79 Å². The molecule has 1 heterocycles. The minimum Gasteiger partial charge on any atom is -0.358 e. The first-order chi connectivity index (χ1) is 7.27. The molecule has 80 valence electrons. The molecule has 1 aromatic rings. The average Bonchev–Trinajstić information content (AvgIpc) is 2.27. The zero-order chi connectivity index (χ0) is 10.8. The number of benzene rings is 1. The Morgan fingerprint density at radius 1 is 1.33 bits per heavy atom. The van der Waals surface area contributed by atoms with E-state index < -0.39 is 0 Å². The van der Waals surface area contributed by atoms with E-state index >= 15 is 0 Å². The van der Waals surface area contributed by atoms with Gasteiger partial charge >= 0.3 is 0 Å². The van der Waals surface area contributed by atoms with Crippen molar-refractivity contribution in [1.29, 1.82) is 0 Å². The predicted molar refractivity (Wildman–Crippen MR) is 62.2 cm³/mol. The van der Waals surface area contributed by atoms with Crippen LogP contribution in [0.1, 0.15) is 20.3 Å². The number of carbonyl (C=O) groups is 1. The third-order valence-electron chi connectivity index (χ3n) is 2.88. The molecule has 1 aliphatic heterocycles. The highest BCUT2D eigenvalue weighted by atomic mass is 16.2. The second-order valence-electron chi connectivity index (χ2n) is 3.72. The molecule has 0 fully saturated rings. The Morgan fingerprint density at radius 2 is 2.07 bits per heavy atom. The highest BCUT2D eigenvalue weighted by molar-refractivity contribution is 6.03. The lowest BCUT2D eigenvalue weighted by Crippen LogP contribution is -2.47. The van der Waals surface area contributed by atoms with E-state index in [2.05, 4.69) is 23.2 Å². The van der Waals surface area contributed by atoms with Crippen LogP contribution >= 0.6 is 0 Å². The number of amides is 1. The highest BCUT2D eigenvalue weighted by Gasteiger charge is 2.29. The summed E-state index contributed by atoms with van der Waals surface area (Å²) in [5.41, 5.74) is 2.06. The van der Waals surface area contributed by atoms with Crippen molar-refractivity contribution in [2.75, 3.05) is 16.8 Å². The lowest BCUT2D eigenvalue weighted by molar-refractivity contribution is -0.117. The van der Waals surface area contributed by atoms with Crippen molar-refractivity contribution < 1.29 is 4.79 Å². The molecule has 1 aliphatic rings. The van der Waals surface area contributed by atoms with Crippen molar-refractivity contribution >= 4 is 17.3 Å². The predicted octanol–water partition coefficient (Wildman–Crippen LogP) is 2.24. The smallest absolute Gasteiger partial charge is 0.247 e. The number of anilines is 2. The van der Waals surface area contributed by atoms with E-state index in [0.717, 1.165) is 24.3 Å². The Morgan fingerprint density at radius 3 is 2.73 bits per heavy atom. The third-order valence-corrected chi connectivity index (χ3v) is 2.88. The van der Waals surface area contributed by atoms with Gasteiger partial charge in [-0.05, 0) is 25.5 Å². The van der Waals surface area contributed by atoms with Crippen molar-refractivity contribution in [2.45, 2.75) is 26.3 Å². The highest BCUT2D eigenvalue weighted by Crippen LogP contribution is 2.32. The van der Waals surface area contributed by atoms with Gasteiger partial charge in [-0.1, -0.05) is 19.1 Å². The van der Waals surface area contributed by atoms with E-state index in [-0.39, 0.29) is 11.9 Å². The van der Waals surface area contributed by atoms with Crippen LogP contribution in [0.3, 0.4) is 0 Å². The number of nitrogens with one attached hydrogen (secondary N) is 1. The maximum atomic E-state index is 11.8. The van der Waals surface area contributed by atoms with Crippen molar-refractivity contribution in [1.82, 2.24) is 0 Å². The summed E-state index contributed by atoms with van der Waals surface area (Å²) in [5, 5.41) is 2.94. The molecule has 15 heavy (non-hydrogen) atoms. The first-order valence-electron chi connectivity index (χ1n) is 5.44. The number of nitrogens with zero attached hydrogens (tertiary/aromatic N) is 1. The molecule has 1 N–H and O–H groups in total. The topological polar surface area (TPSA) is 32.3 Å².